The molecule has 1 aromatic carbocycles. The first-order valence-corrected chi connectivity index (χ1v) is 7.75. The zero-order valence-corrected chi connectivity index (χ0v) is 13.9. The minimum Gasteiger partial charge on any atom is -0.299 e. The van der Waals surface area contributed by atoms with Crippen LogP contribution in [0.5, 0.6) is 0 Å². The molecule has 0 saturated heterocycles. The number of carbonyl (C=O) groups excluding carboxylic acids is 1. The molecule has 1 nitrogen and oxygen atoms in total. The summed E-state index contributed by atoms with van der Waals surface area (Å²) in [6.45, 7) is 14.2. The number of hydrogen-bond donors (Lipinski definition) is 0. The van der Waals surface area contributed by atoms with E-state index in [4.69, 9.17) is 0 Å². The molecule has 0 amide bonds. The van der Waals surface area contributed by atoms with Crippen LogP contribution in [0.25, 0.3) is 0 Å². The van der Waals surface area contributed by atoms with E-state index < -0.39 is 0 Å². The monoisotopic (exact) mass is 264 g/mol. The third-order valence-corrected chi connectivity index (χ3v) is 2.91. The number of carbonyl (C=O) groups is 1. The van der Waals surface area contributed by atoms with Gasteiger partial charge in [-0.05, 0) is 24.5 Å². The van der Waals surface area contributed by atoms with Crippen molar-refractivity contribution in [1.82, 2.24) is 0 Å². The normalized spacial score (nSPS) is 10.5. The number of aryl methyl sites for hydroxylation is 1. The molecule has 0 bridgehead atoms. The fourth-order valence-electron chi connectivity index (χ4n) is 1.81. The number of unbranched alkanes of at least 4 members (excludes halogenated alkanes) is 1. The molecule has 0 aliphatic rings. The lowest BCUT2D eigenvalue weighted by Gasteiger charge is -2.13. The van der Waals surface area contributed by atoms with Crippen LogP contribution in [0.4, 0.5) is 0 Å². The number of ketones is 1. The lowest BCUT2D eigenvalue weighted by atomic mass is 9.91. The SMILES string of the molecule is CC.CC.CCCCC(=O)C(C)c1ccccc1C. The molecule has 1 rings (SSSR count). The average Bonchev–Trinajstić information content (AvgIpc) is 2.48. The molecule has 0 radical (unpaired) electrons. The molecule has 1 unspecified atom stereocenters. The van der Waals surface area contributed by atoms with Gasteiger partial charge in [-0.15, -0.1) is 0 Å². The predicted molar refractivity (Wildman–Crippen MR) is 86.8 cm³/mol. The molecule has 0 fully saturated rings. The first-order chi connectivity index (χ1) is 9.16. The summed E-state index contributed by atoms with van der Waals surface area (Å²) in [5.74, 6) is 0.420. The van der Waals surface area contributed by atoms with Gasteiger partial charge in [0.15, 0.2) is 0 Å². The molecule has 110 valence electrons. The van der Waals surface area contributed by atoms with E-state index in [9.17, 15) is 4.79 Å². The van der Waals surface area contributed by atoms with E-state index in [1.54, 1.807) is 0 Å². The third kappa shape index (κ3) is 7.81. The topological polar surface area (TPSA) is 17.1 Å². The van der Waals surface area contributed by atoms with Crippen molar-refractivity contribution >= 4 is 5.78 Å². The Bertz CT molecular complexity index is 328. The molecule has 0 spiro atoms. The summed E-state index contributed by atoms with van der Waals surface area (Å²) in [6.07, 6.45) is 2.81. The second-order valence-corrected chi connectivity index (χ2v) is 4.15. The minimum absolute atomic E-state index is 0.0535. The van der Waals surface area contributed by atoms with Gasteiger partial charge in [-0.25, -0.2) is 0 Å². The van der Waals surface area contributed by atoms with Crippen LogP contribution < -0.4 is 0 Å². The van der Waals surface area contributed by atoms with Crippen molar-refractivity contribution in [2.24, 2.45) is 0 Å². The van der Waals surface area contributed by atoms with Gasteiger partial charge in [-0.1, -0.05) is 72.2 Å². The standard InChI is InChI=1S/C14H20O.2C2H6/c1-4-5-10-14(15)12(3)13-9-7-6-8-11(13)2;2*1-2/h6-9,12H,4-5,10H2,1-3H3;2*1-2H3. The van der Waals surface area contributed by atoms with Crippen LogP contribution in [-0.4, -0.2) is 5.78 Å². The molecule has 1 aromatic rings. The lowest BCUT2D eigenvalue weighted by molar-refractivity contribution is -0.120. The Kier molecular flexibility index (Phi) is 14.2. The van der Waals surface area contributed by atoms with Crippen LogP contribution in [0.15, 0.2) is 24.3 Å². The Morgan fingerprint density at radius 3 is 2.11 bits per heavy atom. The van der Waals surface area contributed by atoms with Gasteiger partial charge in [0.1, 0.15) is 5.78 Å². The van der Waals surface area contributed by atoms with Gasteiger partial charge in [0.25, 0.3) is 0 Å². The van der Waals surface area contributed by atoms with Crippen LogP contribution in [0.2, 0.25) is 0 Å². The first-order valence-electron chi connectivity index (χ1n) is 7.75. The Morgan fingerprint density at radius 1 is 1.11 bits per heavy atom. The maximum absolute atomic E-state index is 11.9. The van der Waals surface area contributed by atoms with Gasteiger partial charge >= 0.3 is 0 Å². The van der Waals surface area contributed by atoms with Crippen molar-refractivity contribution in [3.8, 4) is 0 Å². The Labute approximate surface area is 120 Å². The lowest BCUT2D eigenvalue weighted by Crippen LogP contribution is -2.10. The fraction of sp³-hybridized carbons (Fsp3) is 0.611. The molecule has 1 heteroatoms. The first kappa shape index (κ1) is 20.2. The van der Waals surface area contributed by atoms with E-state index in [0.29, 0.717) is 12.2 Å². The quantitative estimate of drug-likeness (QED) is 0.646. The Morgan fingerprint density at radius 2 is 1.63 bits per heavy atom. The van der Waals surface area contributed by atoms with Crippen molar-refractivity contribution in [2.75, 3.05) is 0 Å². The highest BCUT2D eigenvalue weighted by molar-refractivity contribution is 5.85. The molecule has 0 heterocycles. The van der Waals surface area contributed by atoms with E-state index in [1.807, 2.05) is 46.8 Å². The van der Waals surface area contributed by atoms with E-state index >= 15 is 0 Å². The maximum Gasteiger partial charge on any atom is 0.140 e. The number of benzene rings is 1. The molecular weight excluding hydrogens is 232 g/mol. The van der Waals surface area contributed by atoms with E-state index in [2.05, 4.69) is 26.0 Å². The summed E-state index contributed by atoms with van der Waals surface area (Å²) in [7, 11) is 0. The van der Waals surface area contributed by atoms with E-state index in [0.717, 1.165) is 12.8 Å². The van der Waals surface area contributed by atoms with Crippen LogP contribution in [-0.2, 0) is 4.79 Å². The summed E-state index contributed by atoms with van der Waals surface area (Å²) in [4.78, 5) is 11.9. The number of rotatable bonds is 5. The van der Waals surface area contributed by atoms with Crippen LogP contribution >= 0.6 is 0 Å². The highest BCUT2D eigenvalue weighted by atomic mass is 16.1. The summed E-state index contributed by atoms with van der Waals surface area (Å²) in [5, 5.41) is 0. The van der Waals surface area contributed by atoms with Crippen LogP contribution in [0.1, 0.15) is 77.8 Å². The minimum atomic E-state index is 0.0535. The van der Waals surface area contributed by atoms with Crippen molar-refractivity contribution in [1.29, 1.82) is 0 Å². The molecule has 1 atom stereocenters. The van der Waals surface area contributed by atoms with Crippen molar-refractivity contribution in [3.63, 3.8) is 0 Å². The smallest absolute Gasteiger partial charge is 0.140 e. The van der Waals surface area contributed by atoms with Crippen molar-refractivity contribution in [3.05, 3.63) is 35.4 Å². The van der Waals surface area contributed by atoms with Crippen LogP contribution in [0.3, 0.4) is 0 Å². The Balaban J connectivity index is 0. The van der Waals surface area contributed by atoms with Gasteiger partial charge in [-0.3, -0.25) is 4.79 Å². The van der Waals surface area contributed by atoms with Gasteiger partial charge in [0, 0.05) is 12.3 Å². The zero-order valence-electron chi connectivity index (χ0n) is 13.9. The highest BCUT2D eigenvalue weighted by Crippen LogP contribution is 2.21. The molecule has 0 aliphatic carbocycles. The number of hydrogen-bond acceptors (Lipinski definition) is 1. The molecule has 0 aromatic heterocycles. The van der Waals surface area contributed by atoms with Crippen molar-refractivity contribution in [2.45, 2.75) is 73.6 Å². The van der Waals surface area contributed by atoms with Gasteiger partial charge in [-0.2, -0.15) is 0 Å². The molecule has 0 saturated carbocycles. The zero-order chi connectivity index (χ0) is 15.3. The third-order valence-electron chi connectivity index (χ3n) is 2.91. The fourth-order valence-corrected chi connectivity index (χ4v) is 1.81. The van der Waals surface area contributed by atoms with Gasteiger partial charge in [0.2, 0.25) is 0 Å². The van der Waals surface area contributed by atoms with Crippen LogP contribution in [0, 0.1) is 6.92 Å². The molecule has 0 N–H and O–H groups in total. The second kappa shape index (κ2) is 13.3. The van der Waals surface area contributed by atoms with E-state index in [1.165, 1.54) is 11.1 Å². The van der Waals surface area contributed by atoms with Gasteiger partial charge in [0.05, 0.1) is 0 Å². The largest absolute Gasteiger partial charge is 0.299 e. The predicted octanol–water partition coefficient (Wildman–Crippen LogP) is 5.91. The summed E-state index contributed by atoms with van der Waals surface area (Å²) < 4.78 is 0. The summed E-state index contributed by atoms with van der Waals surface area (Å²) in [6, 6.07) is 8.15. The Hall–Kier alpha value is -1.11. The maximum atomic E-state index is 11.9. The second-order valence-electron chi connectivity index (χ2n) is 4.15. The van der Waals surface area contributed by atoms with Crippen molar-refractivity contribution < 1.29 is 4.79 Å². The average molecular weight is 264 g/mol. The number of Topliss-reactive ketones (excluding diaryl/α,β-unsaturated/α-hetero) is 1. The molecule has 0 aliphatic heterocycles. The van der Waals surface area contributed by atoms with Gasteiger partial charge < -0.3 is 0 Å². The molecule has 19 heavy (non-hydrogen) atoms. The van der Waals surface area contributed by atoms with E-state index in [-0.39, 0.29) is 5.92 Å². The summed E-state index contributed by atoms with van der Waals surface area (Å²) in [5.41, 5.74) is 2.40. The molecular formula is C18H32O. The highest BCUT2D eigenvalue weighted by Gasteiger charge is 2.15. The summed E-state index contributed by atoms with van der Waals surface area (Å²) >= 11 is 0.